The van der Waals surface area contributed by atoms with Crippen LogP contribution in [-0.4, -0.2) is 52.2 Å². The molecular weight excluding hydrogens is 429 g/mol. The maximum atomic E-state index is 13.0. The van der Waals surface area contributed by atoms with E-state index in [0.717, 1.165) is 0 Å². The summed E-state index contributed by atoms with van der Waals surface area (Å²) in [4.78, 5) is 44.8. The highest BCUT2D eigenvalue weighted by atomic mass is 19.4. The molecule has 1 amide bonds. The predicted molar refractivity (Wildman–Crippen MR) is 107 cm³/mol. The summed E-state index contributed by atoms with van der Waals surface area (Å²) in [5.74, 6) is -0.282. The zero-order valence-corrected chi connectivity index (χ0v) is 17.4. The Balaban J connectivity index is 1.75. The number of carbonyl (C=O) groups is 3. The van der Waals surface area contributed by atoms with Gasteiger partial charge in [0, 0.05) is 29.1 Å². The van der Waals surface area contributed by atoms with E-state index in [0.29, 0.717) is 34.4 Å². The summed E-state index contributed by atoms with van der Waals surface area (Å²) < 4.78 is 41.9. The maximum Gasteiger partial charge on any atom is 0.422 e. The number of fused-ring (bicyclic) bond motifs is 1. The van der Waals surface area contributed by atoms with Crippen LogP contribution in [0.4, 0.5) is 19.0 Å². The van der Waals surface area contributed by atoms with Crippen molar-refractivity contribution in [2.75, 3.05) is 18.5 Å². The van der Waals surface area contributed by atoms with Crippen LogP contribution >= 0.6 is 0 Å². The molecule has 32 heavy (non-hydrogen) atoms. The lowest BCUT2D eigenvalue weighted by molar-refractivity contribution is -0.154. The van der Waals surface area contributed by atoms with Gasteiger partial charge in [-0.15, -0.1) is 0 Å². The zero-order valence-electron chi connectivity index (χ0n) is 17.4. The number of hydrogen-bond donors (Lipinski definition) is 1. The molecule has 0 aliphatic carbocycles. The Morgan fingerprint density at radius 1 is 1.38 bits per heavy atom. The first-order chi connectivity index (χ1) is 15.1. The van der Waals surface area contributed by atoms with Gasteiger partial charge in [0.25, 0.3) is 5.91 Å². The molecule has 0 fully saturated rings. The quantitative estimate of drug-likeness (QED) is 0.463. The third-order valence-electron chi connectivity index (χ3n) is 5.01. The number of anilines is 1. The Labute approximate surface area is 181 Å². The van der Waals surface area contributed by atoms with Gasteiger partial charge < -0.3 is 19.7 Å². The number of nitrogens with one attached hydrogen (secondary N) is 1. The van der Waals surface area contributed by atoms with Crippen LogP contribution in [0.15, 0.2) is 24.5 Å². The molecule has 0 aromatic carbocycles. The highest BCUT2D eigenvalue weighted by Gasteiger charge is 2.34. The van der Waals surface area contributed by atoms with Gasteiger partial charge in [-0.2, -0.15) is 13.2 Å². The lowest BCUT2D eigenvalue weighted by Crippen LogP contribution is -2.27. The van der Waals surface area contributed by atoms with Crippen LogP contribution in [0, 0.1) is 6.92 Å². The van der Waals surface area contributed by atoms with Crippen molar-refractivity contribution in [3.63, 3.8) is 0 Å². The molecule has 0 saturated heterocycles. The molecule has 1 atom stereocenters. The van der Waals surface area contributed by atoms with E-state index in [2.05, 4.69) is 15.3 Å². The van der Waals surface area contributed by atoms with E-state index >= 15 is 0 Å². The average molecular weight is 450 g/mol. The second-order valence-corrected chi connectivity index (χ2v) is 7.35. The van der Waals surface area contributed by atoms with E-state index < -0.39 is 18.8 Å². The number of Topliss-reactive ketones (excluding diaryl/α,β-unsaturated/α-hetero) is 1. The minimum absolute atomic E-state index is 0.0888. The second kappa shape index (κ2) is 9.33. The Kier molecular flexibility index (Phi) is 6.75. The van der Waals surface area contributed by atoms with Gasteiger partial charge in [0.05, 0.1) is 25.6 Å². The van der Waals surface area contributed by atoms with Crippen molar-refractivity contribution >= 4 is 23.8 Å². The van der Waals surface area contributed by atoms with Gasteiger partial charge in [0.1, 0.15) is 12.1 Å². The number of rotatable bonds is 9. The van der Waals surface area contributed by atoms with E-state index in [1.807, 2.05) is 0 Å². The van der Waals surface area contributed by atoms with Crippen LogP contribution in [0.2, 0.25) is 0 Å². The van der Waals surface area contributed by atoms with E-state index in [1.54, 1.807) is 30.9 Å². The van der Waals surface area contributed by atoms with E-state index in [4.69, 9.17) is 4.74 Å². The Hall–Kier alpha value is -3.50. The lowest BCUT2D eigenvalue weighted by atomic mass is 10.1. The number of ketones is 1. The van der Waals surface area contributed by atoms with E-state index in [1.165, 1.54) is 12.4 Å². The predicted octanol–water partition coefficient (Wildman–Crippen LogP) is 3.01. The van der Waals surface area contributed by atoms with Crippen molar-refractivity contribution in [1.29, 1.82) is 0 Å². The van der Waals surface area contributed by atoms with Crippen molar-refractivity contribution in [2.24, 2.45) is 0 Å². The summed E-state index contributed by atoms with van der Waals surface area (Å²) in [7, 11) is 0. The SMILES string of the molecule is Cc1cc(C(C)N2Cc3c(ccnc3NCC(=O)CC=O)C2=O)cnc1OCC(F)(F)F. The molecular formula is C21H21F3N4O4. The molecule has 2 aromatic heterocycles. The van der Waals surface area contributed by atoms with Crippen molar-refractivity contribution in [3.8, 4) is 5.88 Å². The molecule has 1 N–H and O–H groups in total. The molecule has 3 rings (SSSR count). The Bertz CT molecular complexity index is 1040. The number of alkyl halides is 3. The molecule has 8 nitrogen and oxygen atoms in total. The second-order valence-electron chi connectivity index (χ2n) is 7.35. The topological polar surface area (TPSA) is 101 Å². The third kappa shape index (κ3) is 5.21. The zero-order chi connectivity index (χ0) is 23.5. The molecule has 0 saturated carbocycles. The minimum atomic E-state index is -4.47. The molecule has 1 unspecified atom stereocenters. The summed E-state index contributed by atoms with van der Waals surface area (Å²) in [6.07, 6.45) is -1.31. The average Bonchev–Trinajstić information content (AvgIpc) is 3.07. The van der Waals surface area contributed by atoms with Crippen LogP contribution in [0.3, 0.4) is 0 Å². The smallest absolute Gasteiger partial charge is 0.422 e. The Morgan fingerprint density at radius 3 is 2.78 bits per heavy atom. The van der Waals surface area contributed by atoms with Crippen LogP contribution in [0.5, 0.6) is 5.88 Å². The van der Waals surface area contributed by atoms with Crippen LogP contribution in [0.1, 0.15) is 46.4 Å². The first kappa shape index (κ1) is 23.2. The van der Waals surface area contributed by atoms with Gasteiger partial charge in [0.15, 0.2) is 12.4 Å². The van der Waals surface area contributed by atoms with Crippen LogP contribution < -0.4 is 10.1 Å². The molecule has 0 radical (unpaired) electrons. The van der Waals surface area contributed by atoms with Gasteiger partial charge >= 0.3 is 6.18 Å². The normalized spacial score (nSPS) is 14.2. The Morgan fingerprint density at radius 2 is 2.12 bits per heavy atom. The number of ether oxygens (including phenoxy) is 1. The van der Waals surface area contributed by atoms with Gasteiger partial charge in [-0.3, -0.25) is 9.59 Å². The van der Waals surface area contributed by atoms with Gasteiger partial charge in [-0.1, -0.05) is 0 Å². The molecule has 2 aromatic rings. The number of amides is 1. The number of carbonyl (C=O) groups excluding carboxylic acids is 3. The van der Waals surface area contributed by atoms with E-state index in [9.17, 15) is 27.6 Å². The minimum Gasteiger partial charge on any atom is -0.468 e. The van der Waals surface area contributed by atoms with Crippen molar-refractivity contribution in [3.05, 3.63) is 46.8 Å². The molecule has 1 aliphatic rings. The highest BCUT2D eigenvalue weighted by molar-refractivity contribution is 6.00. The standard InChI is InChI=1S/C21H21F3N4O4/c1-12-7-14(8-27-19(12)32-11-21(22,23)24)13(2)28-10-17-16(20(28)31)3-5-25-18(17)26-9-15(30)4-6-29/h3,5-8,13H,4,9-11H2,1-2H3,(H,25,26). The first-order valence-corrected chi connectivity index (χ1v) is 9.75. The van der Waals surface area contributed by atoms with Crippen LogP contribution in [-0.2, 0) is 16.1 Å². The van der Waals surface area contributed by atoms with Gasteiger partial charge in [-0.25, -0.2) is 9.97 Å². The summed E-state index contributed by atoms with van der Waals surface area (Å²) in [6, 6.07) is 2.79. The summed E-state index contributed by atoms with van der Waals surface area (Å²) in [5.41, 5.74) is 2.11. The molecule has 3 heterocycles. The summed E-state index contributed by atoms with van der Waals surface area (Å²) in [6.45, 7) is 2.06. The molecule has 11 heteroatoms. The van der Waals surface area contributed by atoms with Crippen LogP contribution in [0.25, 0.3) is 0 Å². The molecule has 0 spiro atoms. The molecule has 1 aliphatic heterocycles. The molecule has 0 bridgehead atoms. The van der Waals surface area contributed by atoms with Crippen molar-refractivity contribution in [2.45, 2.75) is 39.0 Å². The molecule has 170 valence electrons. The number of halogens is 3. The number of hydrogen-bond acceptors (Lipinski definition) is 7. The monoisotopic (exact) mass is 450 g/mol. The lowest BCUT2D eigenvalue weighted by Gasteiger charge is -2.25. The van der Waals surface area contributed by atoms with Gasteiger partial charge in [0.2, 0.25) is 5.88 Å². The maximum absolute atomic E-state index is 13.0. The number of pyridine rings is 2. The summed E-state index contributed by atoms with van der Waals surface area (Å²) in [5, 5.41) is 2.87. The third-order valence-corrected chi connectivity index (χ3v) is 5.01. The largest absolute Gasteiger partial charge is 0.468 e. The number of aromatic nitrogens is 2. The first-order valence-electron chi connectivity index (χ1n) is 9.75. The fourth-order valence-electron chi connectivity index (χ4n) is 3.36. The summed E-state index contributed by atoms with van der Waals surface area (Å²) >= 11 is 0. The number of aldehydes is 1. The number of aryl methyl sites for hydroxylation is 1. The van der Waals surface area contributed by atoms with Crippen molar-refractivity contribution in [1.82, 2.24) is 14.9 Å². The van der Waals surface area contributed by atoms with Crippen molar-refractivity contribution < 1.29 is 32.3 Å². The fourth-order valence-corrected chi connectivity index (χ4v) is 3.36. The number of nitrogens with zero attached hydrogens (tertiary/aromatic N) is 3. The fraction of sp³-hybridized carbons (Fsp3) is 0.381. The van der Waals surface area contributed by atoms with Gasteiger partial charge in [-0.05, 0) is 31.5 Å². The highest BCUT2D eigenvalue weighted by Crippen LogP contribution is 2.34. The van der Waals surface area contributed by atoms with E-state index in [-0.39, 0.29) is 37.1 Å².